The second-order valence-electron chi connectivity index (χ2n) is 6.81. The highest BCUT2D eigenvalue weighted by Gasteiger charge is 2.36. The highest BCUT2D eigenvalue weighted by molar-refractivity contribution is 9.10. The number of hydrogen-bond acceptors (Lipinski definition) is 4. The van der Waals surface area contributed by atoms with Gasteiger partial charge < -0.3 is 15.0 Å². The molecule has 28 heavy (non-hydrogen) atoms. The first-order chi connectivity index (χ1) is 13.3. The van der Waals surface area contributed by atoms with Gasteiger partial charge in [-0.2, -0.15) is 0 Å². The third kappa shape index (κ3) is 4.59. The molecule has 0 spiro atoms. The molecule has 0 radical (unpaired) electrons. The molecule has 2 amide bonds. The van der Waals surface area contributed by atoms with Gasteiger partial charge in [-0.1, -0.05) is 34.1 Å². The van der Waals surface area contributed by atoms with Crippen LogP contribution in [0.5, 0.6) is 0 Å². The molecule has 0 aliphatic carbocycles. The van der Waals surface area contributed by atoms with Gasteiger partial charge in [0.2, 0.25) is 5.91 Å². The molecule has 6 nitrogen and oxygen atoms in total. The van der Waals surface area contributed by atoms with E-state index in [1.807, 2.05) is 56.3 Å². The molecule has 1 saturated heterocycles. The van der Waals surface area contributed by atoms with Crippen molar-refractivity contribution in [1.82, 2.24) is 0 Å². The molecule has 3 rings (SSSR count). The summed E-state index contributed by atoms with van der Waals surface area (Å²) in [7, 11) is 0. The summed E-state index contributed by atoms with van der Waals surface area (Å²) in [5.41, 5.74) is 3.27. The first-order valence-corrected chi connectivity index (χ1v) is 9.73. The van der Waals surface area contributed by atoms with Crippen LogP contribution in [0.2, 0.25) is 0 Å². The summed E-state index contributed by atoms with van der Waals surface area (Å²) in [6.07, 6.45) is 0.0836. The molecular weight excluding hydrogens is 424 g/mol. The molecule has 0 unspecified atom stereocenters. The van der Waals surface area contributed by atoms with Gasteiger partial charge in [-0.3, -0.25) is 14.4 Å². The standard InChI is InChI=1S/C21H21BrN2O4/c1-13-8-16(22)9-14(2)20(13)23-18(25)12-28-21(27)15-10-19(26)24(11-15)17-6-4-3-5-7-17/h3-9,15H,10-12H2,1-2H3,(H,23,25)/t15-/m1/s1. The van der Waals surface area contributed by atoms with Crippen LogP contribution in [-0.4, -0.2) is 30.9 Å². The Bertz CT molecular complexity index is 891. The fourth-order valence-electron chi connectivity index (χ4n) is 3.26. The van der Waals surface area contributed by atoms with Gasteiger partial charge in [-0.15, -0.1) is 0 Å². The monoisotopic (exact) mass is 444 g/mol. The number of para-hydroxylation sites is 1. The van der Waals surface area contributed by atoms with E-state index in [0.717, 1.165) is 21.3 Å². The minimum atomic E-state index is -0.573. The van der Waals surface area contributed by atoms with E-state index in [1.165, 1.54) is 0 Å². The number of ether oxygens (including phenoxy) is 1. The Morgan fingerprint density at radius 3 is 2.46 bits per heavy atom. The topological polar surface area (TPSA) is 75.7 Å². The summed E-state index contributed by atoms with van der Waals surface area (Å²) in [4.78, 5) is 38.3. The molecule has 1 heterocycles. The SMILES string of the molecule is Cc1cc(Br)cc(C)c1NC(=O)COC(=O)[C@@H]1CC(=O)N(c2ccccc2)C1. The molecular formula is C21H21BrN2O4. The van der Waals surface area contributed by atoms with Gasteiger partial charge in [-0.05, 0) is 49.2 Å². The minimum Gasteiger partial charge on any atom is -0.455 e. The number of aryl methyl sites for hydroxylation is 2. The number of carbonyl (C=O) groups excluding carboxylic acids is 3. The summed E-state index contributed by atoms with van der Waals surface area (Å²) in [6.45, 7) is 3.65. The van der Waals surface area contributed by atoms with Crippen molar-refractivity contribution in [3.05, 3.63) is 58.1 Å². The van der Waals surface area contributed by atoms with E-state index in [-0.39, 0.29) is 25.5 Å². The van der Waals surface area contributed by atoms with E-state index in [0.29, 0.717) is 5.69 Å². The maximum absolute atomic E-state index is 12.3. The number of halogens is 1. The van der Waals surface area contributed by atoms with Crippen molar-refractivity contribution in [3.63, 3.8) is 0 Å². The Morgan fingerprint density at radius 1 is 1.18 bits per heavy atom. The second kappa shape index (κ2) is 8.56. The number of carbonyl (C=O) groups is 3. The quantitative estimate of drug-likeness (QED) is 0.714. The number of nitrogens with one attached hydrogen (secondary N) is 1. The van der Waals surface area contributed by atoms with Crippen molar-refractivity contribution in [1.29, 1.82) is 0 Å². The van der Waals surface area contributed by atoms with Crippen LogP contribution >= 0.6 is 15.9 Å². The third-order valence-electron chi connectivity index (χ3n) is 4.63. The summed E-state index contributed by atoms with van der Waals surface area (Å²) < 4.78 is 6.09. The highest BCUT2D eigenvalue weighted by atomic mass is 79.9. The van der Waals surface area contributed by atoms with Crippen molar-refractivity contribution in [2.24, 2.45) is 5.92 Å². The number of benzene rings is 2. The van der Waals surface area contributed by atoms with Gasteiger partial charge in [0.25, 0.3) is 5.91 Å². The summed E-state index contributed by atoms with van der Waals surface area (Å²) in [6, 6.07) is 13.0. The number of esters is 1. The molecule has 2 aromatic rings. The predicted molar refractivity (Wildman–Crippen MR) is 110 cm³/mol. The van der Waals surface area contributed by atoms with Crippen LogP contribution < -0.4 is 10.2 Å². The molecule has 1 aliphatic heterocycles. The maximum atomic E-state index is 12.3. The van der Waals surface area contributed by atoms with Crippen LogP contribution in [0.25, 0.3) is 0 Å². The molecule has 1 aliphatic rings. The Balaban J connectivity index is 1.55. The highest BCUT2D eigenvalue weighted by Crippen LogP contribution is 2.26. The van der Waals surface area contributed by atoms with Gasteiger partial charge in [0.15, 0.2) is 6.61 Å². The average Bonchev–Trinajstić information content (AvgIpc) is 3.05. The first kappa shape index (κ1) is 20.1. The van der Waals surface area contributed by atoms with E-state index in [2.05, 4.69) is 21.2 Å². The molecule has 2 aromatic carbocycles. The number of amides is 2. The van der Waals surface area contributed by atoms with E-state index in [9.17, 15) is 14.4 Å². The van der Waals surface area contributed by atoms with E-state index < -0.39 is 17.8 Å². The van der Waals surface area contributed by atoms with Crippen LogP contribution in [0.3, 0.4) is 0 Å². The predicted octanol–water partition coefficient (Wildman–Crippen LogP) is 3.60. The molecule has 1 N–H and O–H groups in total. The van der Waals surface area contributed by atoms with Crippen molar-refractivity contribution in [2.45, 2.75) is 20.3 Å². The van der Waals surface area contributed by atoms with Gasteiger partial charge in [0.1, 0.15) is 0 Å². The maximum Gasteiger partial charge on any atom is 0.311 e. The molecule has 0 aromatic heterocycles. The van der Waals surface area contributed by atoms with Gasteiger partial charge in [0, 0.05) is 28.8 Å². The molecule has 0 bridgehead atoms. The van der Waals surface area contributed by atoms with Crippen molar-refractivity contribution in [2.75, 3.05) is 23.4 Å². The van der Waals surface area contributed by atoms with Crippen LogP contribution in [0.1, 0.15) is 17.5 Å². The van der Waals surface area contributed by atoms with Crippen LogP contribution in [0.4, 0.5) is 11.4 Å². The fourth-order valence-corrected chi connectivity index (χ4v) is 3.95. The van der Waals surface area contributed by atoms with Gasteiger partial charge >= 0.3 is 5.97 Å². The van der Waals surface area contributed by atoms with Crippen LogP contribution in [0, 0.1) is 19.8 Å². The van der Waals surface area contributed by atoms with E-state index in [1.54, 1.807) is 4.90 Å². The van der Waals surface area contributed by atoms with Crippen molar-refractivity contribution >= 4 is 45.1 Å². The fraction of sp³-hybridized carbons (Fsp3) is 0.286. The Labute approximate surface area is 172 Å². The number of rotatable bonds is 5. The van der Waals surface area contributed by atoms with E-state index in [4.69, 9.17) is 4.74 Å². The zero-order valence-corrected chi connectivity index (χ0v) is 17.3. The molecule has 7 heteroatoms. The van der Waals surface area contributed by atoms with Crippen LogP contribution in [0.15, 0.2) is 46.9 Å². The lowest BCUT2D eigenvalue weighted by atomic mass is 10.1. The van der Waals surface area contributed by atoms with Crippen molar-refractivity contribution in [3.8, 4) is 0 Å². The zero-order valence-electron chi connectivity index (χ0n) is 15.7. The zero-order chi connectivity index (χ0) is 20.3. The number of hydrogen-bond donors (Lipinski definition) is 1. The lowest BCUT2D eigenvalue weighted by molar-refractivity contribution is -0.151. The lowest BCUT2D eigenvalue weighted by Gasteiger charge is -2.16. The first-order valence-electron chi connectivity index (χ1n) is 8.94. The number of anilines is 2. The summed E-state index contributed by atoms with van der Waals surface area (Å²) >= 11 is 3.41. The molecule has 1 fully saturated rings. The molecule has 146 valence electrons. The Morgan fingerprint density at radius 2 is 1.82 bits per heavy atom. The average molecular weight is 445 g/mol. The third-order valence-corrected chi connectivity index (χ3v) is 5.09. The van der Waals surface area contributed by atoms with Crippen LogP contribution in [-0.2, 0) is 19.1 Å². The molecule has 0 saturated carbocycles. The summed E-state index contributed by atoms with van der Waals surface area (Å²) in [5.74, 6) is -1.65. The smallest absolute Gasteiger partial charge is 0.311 e. The van der Waals surface area contributed by atoms with Gasteiger partial charge in [-0.25, -0.2) is 0 Å². The Hall–Kier alpha value is -2.67. The molecule has 1 atom stereocenters. The Kier molecular flexibility index (Phi) is 6.14. The summed E-state index contributed by atoms with van der Waals surface area (Å²) in [5, 5.41) is 2.78. The second-order valence-corrected chi connectivity index (χ2v) is 7.73. The lowest BCUT2D eigenvalue weighted by Crippen LogP contribution is -2.28. The van der Waals surface area contributed by atoms with Crippen molar-refractivity contribution < 1.29 is 19.1 Å². The van der Waals surface area contributed by atoms with E-state index >= 15 is 0 Å². The van der Waals surface area contributed by atoms with Gasteiger partial charge in [0.05, 0.1) is 5.92 Å². The normalized spacial score (nSPS) is 16.2. The number of nitrogens with zero attached hydrogens (tertiary/aromatic N) is 1. The largest absolute Gasteiger partial charge is 0.455 e. The minimum absolute atomic E-state index is 0.0836.